The van der Waals surface area contributed by atoms with Crippen molar-refractivity contribution in [3.05, 3.63) is 45.8 Å². The minimum Gasteiger partial charge on any atom is -0.224 e. The second kappa shape index (κ2) is 3.65. The van der Waals surface area contributed by atoms with Crippen molar-refractivity contribution >= 4 is 21.4 Å². The molecule has 0 aliphatic carbocycles. The van der Waals surface area contributed by atoms with Crippen molar-refractivity contribution in [1.82, 2.24) is 0 Å². The molecule has 0 aromatic heterocycles. The standard InChI is InChI=1S/C11H11ClO2S/c1-8-2-3-9(6-11(8)12)10-4-5-15(13,14)7-10/h2-6,10H,7H2,1H3. The Hall–Kier alpha value is -0.800. The van der Waals surface area contributed by atoms with E-state index in [4.69, 9.17) is 11.6 Å². The van der Waals surface area contributed by atoms with Crippen molar-refractivity contribution in [2.75, 3.05) is 5.75 Å². The fourth-order valence-corrected chi connectivity index (χ4v) is 3.16. The molecule has 2 rings (SSSR count). The van der Waals surface area contributed by atoms with E-state index in [0.717, 1.165) is 11.1 Å². The number of aryl methyl sites for hydroxylation is 1. The van der Waals surface area contributed by atoms with Gasteiger partial charge in [0.15, 0.2) is 9.84 Å². The third-order valence-corrected chi connectivity index (χ3v) is 4.36. The monoisotopic (exact) mass is 242 g/mol. The smallest absolute Gasteiger partial charge is 0.172 e. The highest BCUT2D eigenvalue weighted by Gasteiger charge is 2.23. The Labute approximate surface area is 94.5 Å². The molecule has 1 heterocycles. The SMILES string of the molecule is Cc1ccc(C2C=CS(=O)(=O)C2)cc1Cl. The Morgan fingerprint density at radius 1 is 1.40 bits per heavy atom. The number of hydrogen-bond donors (Lipinski definition) is 0. The molecule has 1 aliphatic rings. The van der Waals surface area contributed by atoms with Gasteiger partial charge in [0.25, 0.3) is 0 Å². The highest BCUT2D eigenvalue weighted by atomic mass is 35.5. The predicted molar refractivity (Wildman–Crippen MR) is 61.9 cm³/mol. The third-order valence-electron chi connectivity index (χ3n) is 2.55. The van der Waals surface area contributed by atoms with E-state index < -0.39 is 9.84 Å². The molecule has 1 aliphatic heterocycles. The summed E-state index contributed by atoms with van der Waals surface area (Å²) < 4.78 is 22.5. The maximum absolute atomic E-state index is 11.2. The molecule has 1 atom stereocenters. The zero-order valence-electron chi connectivity index (χ0n) is 8.27. The summed E-state index contributed by atoms with van der Waals surface area (Å²) in [6.07, 6.45) is 1.72. The van der Waals surface area contributed by atoms with E-state index in [2.05, 4.69) is 0 Å². The summed E-state index contributed by atoms with van der Waals surface area (Å²) in [5, 5.41) is 1.97. The van der Waals surface area contributed by atoms with Crippen LogP contribution in [0.1, 0.15) is 17.0 Å². The fourth-order valence-electron chi connectivity index (χ4n) is 1.62. The van der Waals surface area contributed by atoms with E-state index in [1.165, 1.54) is 5.41 Å². The summed E-state index contributed by atoms with van der Waals surface area (Å²) in [5.74, 6) is 0.111. The molecular formula is C11H11ClO2S. The molecule has 0 N–H and O–H groups in total. The molecule has 0 spiro atoms. The van der Waals surface area contributed by atoms with E-state index in [1.54, 1.807) is 6.08 Å². The van der Waals surface area contributed by atoms with Crippen molar-refractivity contribution in [3.8, 4) is 0 Å². The molecule has 0 amide bonds. The van der Waals surface area contributed by atoms with Gasteiger partial charge in [0, 0.05) is 16.3 Å². The molecule has 0 saturated heterocycles. The number of allylic oxidation sites excluding steroid dienone is 1. The number of rotatable bonds is 1. The predicted octanol–water partition coefficient (Wildman–Crippen LogP) is 2.67. The van der Waals surface area contributed by atoms with Crippen LogP contribution in [0.2, 0.25) is 5.02 Å². The normalized spacial score (nSPS) is 23.2. The Bertz CT molecular complexity index is 517. The van der Waals surface area contributed by atoms with Crippen LogP contribution in [-0.2, 0) is 9.84 Å². The van der Waals surface area contributed by atoms with E-state index in [0.29, 0.717) is 5.02 Å². The van der Waals surface area contributed by atoms with E-state index in [1.807, 2.05) is 25.1 Å². The van der Waals surface area contributed by atoms with Crippen LogP contribution in [0.5, 0.6) is 0 Å². The van der Waals surface area contributed by atoms with Gasteiger partial charge in [0.1, 0.15) is 0 Å². The lowest BCUT2D eigenvalue weighted by Crippen LogP contribution is -2.03. The molecular weight excluding hydrogens is 232 g/mol. The largest absolute Gasteiger partial charge is 0.224 e. The van der Waals surface area contributed by atoms with E-state index in [9.17, 15) is 8.42 Å². The summed E-state index contributed by atoms with van der Waals surface area (Å²) >= 11 is 5.99. The highest BCUT2D eigenvalue weighted by molar-refractivity contribution is 7.94. The van der Waals surface area contributed by atoms with Crippen molar-refractivity contribution in [2.45, 2.75) is 12.8 Å². The highest BCUT2D eigenvalue weighted by Crippen LogP contribution is 2.28. The first-order valence-corrected chi connectivity index (χ1v) is 6.74. The molecule has 0 bridgehead atoms. The van der Waals surface area contributed by atoms with Crippen LogP contribution < -0.4 is 0 Å². The molecule has 1 aromatic carbocycles. The number of sulfone groups is 1. The molecule has 4 heteroatoms. The Balaban J connectivity index is 2.33. The van der Waals surface area contributed by atoms with Crippen molar-refractivity contribution in [2.24, 2.45) is 0 Å². The molecule has 2 nitrogen and oxygen atoms in total. The molecule has 15 heavy (non-hydrogen) atoms. The van der Waals surface area contributed by atoms with Crippen LogP contribution in [0.3, 0.4) is 0 Å². The van der Waals surface area contributed by atoms with Gasteiger partial charge >= 0.3 is 0 Å². The first-order chi connectivity index (χ1) is 6.98. The van der Waals surface area contributed by atoms with Crippen molar-refractivity contribution < 1.29 is 8.42 Å². The maximum atomic E-state index is 11.2. The summed E-state index contributed by atoms with van der Waals surface area (Å²) in [4.78, 5) is 0. The minimum atomic E-state index is -2.99. The molecule has 0 saturated carbocycles. The Morgan fingerprint density at radius 3 is 2.67 bits per heavy atom. The lowest BCUT2D eigenvalue weighted by molar-refractivity contribution is 0.604. The topological polar surface area (TPSA) is 34.1 Å². The summed E-state index contributed by atoms with van der Waals surface area (Å²) in [6, 6.07) is 5.68. The van der Waals surface area contributed by atoms with E-state index in [-0.39, 0.29) is 11.7 Å². The maximum Gasteiger partial charge on any atom is 0.172 e. The Morgan fingerprint density at radius 2 is 2.13 bits per heavy atom. The summed E-state index contributed by atoms with van der Waals surface area (Å²) in [6.45, 7) is 1.92. The lowest BCUT2D eigenvalue weighted by atomic mass is 10.0. The average molecular weight is 243 g/mol. The van der Waals surface area contributed by atoms with Gasteiger partial charge in [-0.15, -0.1) is 0 Å². The van der Waals surface area contributed by atoms with Crippen LogP contribution in [0.4, 0.5) is 0 Å². The second-order valence-electron chi connectivity index (χ2n) is 3.77. The van der Waals surface area contributed by atoms with Gasteiger partial charge < -0.3 is 0 Å². The number of halogens is 1. The number of hydrogen-bond acceptors (Lipinski definition) is 2. The van der Waals surface area contributed by atoms with E-state index >= 15 is 0 Å². The zero-order chi connectivity index (χ0) is 11.1. The zero-order valence-corrected chi connectivity index (χ0v) is 9.85. The first kappa shape index (κ1) is 10.7. The molecule has 1 unspecified atom stereocenters. The molecule has 80 valence electrons. The summed E-state index contributed by atoms with van der Waals surface area (Å²) in [5.41, 5.74) is 1.97. The Kier molecular flexibility index (Phi) is 2.61. The van der Waals surface area contributed by atoms with Gasteiger partial charge in [-0.2, -0.15) is 0 Å². The molecule has 0 radical (unpaired) electrons. The van der Waals surface area contributed by atoms with Gasteiger partial charge in [-0.05, 0) is 24.1 Å². The third kappa shape index (κ3) is 2.24. The first-order valence-electron chi connectivity index (χ1n) is 4.65. The van der Waals surface area contributed by atoms with Crippen molar-refractivity contribution in [1.29, 1.82) is 0 Å². The second-order valence-corrected chi connectivity index (χ2v) is 6.11. The molecule has 0 fully saturated rings. The van der Waals surface area contributed by atoms with Crippen LogP contribution in [0.25, 0.3) is 0 Å². The average Bonchev–Trinajstić information content (AvgIpc) is 2.51. The van der Waals surface area contributed by atoms with Gasteiger partial charge in [0.2, 0.25) is 0 Å². The fraction of sp³-hybridized carbons (Fsp3) is 0.273. The summed E-state index contributed by atoms with van der Waals surface area (Å²) in [7, 11) is -2.99. The minimum absolute atomic E-state index is 0.0481. The van der Waals surface area contributed by atoms with Gasteiger partial charge in [-0.1, -0.05) is 29.8 Å². The number of benzene rings is 1. The van der Waals surface area contributed by atoms with Gasteiger partial charge in [-0.3, -0.25) is 0 Å². The lowest BCUT2D eigenvalue weighted by Gasteiger charge is -2.08. The van der Waals surface area contributed by atoms with Crippen molar-refractivity contribution in [3.63, 3.8) is 0 Å². The van der Waals surface area contributed by atoms with Crippen LogP contribution >= 0.6 is 11.6 Å². The van der Waals surface area contributed by atoms with Crippen LogP contribution in [0, 0.1) is 6.92 Å². The quantitative estimate of drug-likeness (QED) is 0.759. The van der Waals surface area contributed by atoms with Gasteiger partial charge in [0.05, 0.1) is 5.75 Å². The van der Waals surface area contributed by atoms with Crippen LogP contribution in [0.15, 0.2) is 29.7 Å². The molecule has 1 aromatic rings. The van der Waals surface area contributed by atoms with Gasteiger partial charge in [-0.25, -0.2) is 8.42 Å². The van der Waals surface area contributed by atoms with Crippen LogP contribution in [-0.4, -0.2) is 14.2 Å².